The number of likely N-dealkylation sites (tertiary alicyclic amines) is 1. The highest BCUT2D eigenvalue weighted by Gasteiger charge is 2.33. The van der Waals surface area contributed by atoms with E-state index in [0.717, 1.165) is 37.7 Å². The predicted molar refractivity (Wildman–Crippen MR) is 138 cm³/mol. The fraction of sp³-hybridized carbons (Fsp3) is 0.440. The number of nitrogens with one attached hydrogen (secondary N) is 3. The van der Waals surface area contributed by atoms with E-state index in [4.69, 9.17) is 17.0 Å². The van der Waals surface area contributed by atoms with Crippen LogP contribution in [0.1, 0.15) is 53.2 Å². The SMILES string of the molecule is CC(=N)c1cc(C(=O)NSN2CCC2)c(F)cc1NC1CCN(Cc2cc(C(F)(F)F)cc(Cl)c2F)CC1. The van der Waals surface area contributed by atoms with Crippen molar-refractivity contribution in [2.75, 3.05) is 31.5 Å². The first kappa shape index (κ1) is 28.6. The summed E-state index contributed by atoms with van der Waals surface area (Å²) >= 11 is 6.83. The van der Waals surface area contributed by atoms with Gasteiger partial charge in [0.1, 0.15) is 11.6 Å². The summed E-state index contributed by atoms with van der Waals surface area (Å²) in [5, 5.41) is 10.8. The van der Waals surface area contributed by atoms with E-state index in [0.29, 0.717) is 43.2 Å². The molecule has 2 aliphatic rings. The summed E-state index contributed by atoms with van der Waals surface area (Å²) in [6.07, 6.45) is -2.47. The molecule has 206 valence electrons. The quantitative estimate of drug-likeness (QED) is 0.202. The normalized spacial score (nSPS) is 17.2. The van der Waals surface area contributed by atoms with Crippen molar-refractivity contribution in [3.63, 3.8) is 0 Å². The van der Waals surface area contributed by atoms with Crippen LogP contribution in [0.3, 0.4) is 0 Å². The Kier molecular flexibility index (Phi) is 8.85. The molecule has 2 heterocycles. The first-order valence-corrected chi connectivity index (χ1v) is 13.2. The zero-order valence-corrected chi connectivity index (χ0v) is 22.1. The summed E-state index contributed by atoms with van der Waals surface area (Å²) in [6, 6.07) is 3.83. The molecule has 6 nitrogen and oxygen atoms in total. The Bertz CT molecular complexity index is 1220. The number of carbonyl (C=O) groups excluding carboxylic acids is 1. The zero-order chi connectivity index (χ0) is 27.6. The van der Waals surface area contributed by atoms with Crippen molar-refractivity contribution in [3.05, 3.63) is 63.2 Å². The van der Waals surface area contributed by atoms with Crippen LogP contribution >= 0.6 is 23.7 Å². The highest BCUT2D eigenvalue weighted by atomic mass is 35.5. The minimum atomic E-state index is -4.63. The number of carbonyl (C=O) groups is 1. The monoisotopic (exact) mass is 575 g/mol. The molecule has 0 bridgehead atoms. The molecule has 0 aliphatic carbocycles. The van der Waals surface area contributed by atoms with Gasteiger partial charge in [0.05, 0.1) is 16.1 Å². The lowest BCUT2D eigenvalue weighted by atomic mass is 10.00. The van der Waals surface area contributed by atoms with Gasteiger partial charge in [-0.1, -0.05) is 11.6 Å². The van der Waals surface area contributed by atoms with Crippen LogP contribution < -0.4 is 10.0 Å². The number of alkyl halides is 3. The van der Waals surface area contributed by atoms with Crippen molar-refractivity contribution in [1.82, 2.24) is 13.9 Å². The van der Waals surface area contributed by atoms with Gasteiger partial charge in [-0.25, -0.2) is 13.1 Å². The van der Waals surface area contributed by atoms with Crippen LogP contribution in [0, 0.1) is 17.0 Å². The van der Waals surface area contributed by atoms with E-state index >= 15 is 0 Å². The molecule has 1 amide bonds. The summed E-state index contributed by atoms with van der Waals surface area (Å²) < 4.78 is 73.2. The summed E-state index contributed by atoms with van der Waals surface area (Å²) in [6.45, 7) is 4.14. The van der Waals surface area contributed by atoms with E-state index in [1.165, 1.54) is 12.1 Å². The molecule has 0 radical (unpaired) electrons. The third kappa shape index (κ3) is 6.77. The number of piperidine rings is 1. The van der Waals surface area contributed by atoms with Gasteiger partial charge in [-0.3, -0.25) is 14.4 Å². The molecule has 0 unspecified atom stereocenters. The third-order valence-corrected chi connectivity index (χ3v) is 7.79. The van der Waals surface area contributed by atoms with Crippen molar-refractivity contribution in [2.24, 2.45) is 0 Å². The second-order valence-electron chi connectivity index (χ2n) is 9.43. The van der Waals surface area contributed by atoms with E-state index in [1.54, 1.807) is 6.92 Å². The van der Waals surface area contributed by atoms with Crippen LogP contribution in [0.25, 0.3) is 0 Å². The fourth-order valence-electron chi connectivity index (χ4n) is 4.34. The largest absolute Gasteiger partial charge is 0.416 e. The van der Waals surface area contributed by atoms with Gasteiger partial charge in [-0.2, -0.15) is 13.2 Å². The first-order chi connectivity index (χ1) is 17.9. The molecule has 2 aromatic rings. The van der Waals surface area contributed by atoms with E-state index in [2.05, 4.69) is 10.0 Å². The molecule has 0 saturated carbocycles. The highest BCUT2D eigenvalue weighted by Crippen LogP contribution is 2.34. The Morgan fingerprint density at radius 3 is 2.37 bits per heavy atom. The third-order valence-electron chi connectivity index (χ3n) is 6.61. The molecule has 38 heavy (non-hydrogen) atoms. The summed E-state index contributed by atoms with van der Waals surface area (Å²) in [5.74, 6) is -2.16. The first-order valence-electron chi connectivity index (χ1n) is 12.1. The Morgan fingerprint density at radius 1 is 1.11 bits per heavy atom. The van der Waals surface area contributed by atoms with Crippen LogP contribution in [-0.4, -0.2) is 53.0 Å². The number of hydrogen-bond acceptors (Lipinski definition) is 6. The van der Waals surface area contributed by atoms with Crippen LogP contribution in [0.4, 0.5) is 27.6 Å². The molecule has 0 atom stereocenters. The average molecular weight is 576 g/mol. The molecule has 2 saturated heterocycles. The van der Waals surface area contributed by atoms with Gasteiger partial charge in [0.15, 0.2) is 0 Å². The maximum Gasteiger partial charge on any atom is 0.416 e. The Hall–Kier alpha value is -2.41. The average Bonchev–Trinajstić information content (AvgIpc) is 2.81. The number of nitrogens with zero attached hydrogens (tertiary/aromatic N) is 2. The maximum absolute atomic E-state index is 14.9. The van der Waals surface area contributed by atoms with Crippen LogP contribution in [0.2, 0.25) is 5.02 Å². The number of rotatable bonds is 8. The van der Waals surface area contributed by atoms with Gasteiger partial charge >= 0.3 is 6.18 Å². The molecule has 2 aromatic carbocycles. The van der Waals surface area contributed by atoms with Crippen LogP contribution in [-0.2, 0) is 12.7 Å². The smallest absolute Gasteiger partial charge is 0.382 e. The number of amides is 1. The maximum atomic E-state index is 14.9. The molecular formula is C25H27ClF5N5OS. The Morgan fingerprint density at radius 2 is 1.79 bits per heavy atom. The number of benzene rings is 2. The van der Waals surface area contributed by atoms with E-state index in [-0.39, 0.29) is 29.4 Å². The number of anilines is 1. The highest BCUT2D eigenvalue weighted by molar-refractivity contribution is 7.95. The lowest BCUT2D eigenvalue weighted by Crippen LogP contribution is -2.39. The number of hydrogen-bond donors (Lipinski definition) is 3. The van der Waals surface area contributed by atoms with E-state index < -0.39 is 34.3 Å². The van der Waals surface area contributed by atoms with Crippen molar-refractivity contribution >= 4 is 41.0 Å². The molecule has 13 heteroatoms. The molecule has 2 fully saturated rings. The lowest BCUT2D eigenvalue weighted by molar-refractivity contribution is -0.137. The van der Waals surface area contributed by atoms with Gasteiger partial charge in [0.2, 0.25) is 0 Å². The topological polar surface area (TPSA) is 71.5 Å². The molecule has 2 aliphatic heterocycles. The van der Waals surface area contributed by atoms with E-state index in [9.17, 15) is 26.7 Å². The fourth-order valence-corrected chi connectivity index (χ4v) is 5.34. The van der Waals surface area contributed by atoms with Crippen molar-refractivity contribution < 1.29 is 26.7 Å². The van der Waals surface area contributed by atoms with Gasteiger partial charge < -0.3 is 10.7 Å². The molecule has 4 rings (SSSR count). The molecular weight excluding hydrogens is 549 g/mol. The lowest BCUT2D eigenvalue weighted by Gasteiger charge is -2.33. The predicted octanol–water partition coefficient (Wildman–Crippen LogP) is 6.10. The zero-order valence-electron chi connectivity index (χ0n) is 20.5. The van der Waals surface area contributed by atoms with Gasteiger partial charge in [-0.05, 0) is 50.5 Å². The van der Waals surface area contributed by atoms with Gasteiger partial charge in [0, 0.05) is 73.4 Å². The van der Waals surface area contributed by atoms with Gasteiger partial charge in [0.25, 0.3) is 5.91 Å². The summed E-state index contributed by atoms with van der Waals surface area (Å²) in [5.41, 5.74) is -0.331. The van der Waals surface area contributed by atoms with Crippen LogP contribution in [0.5, 0.6) is 0 Å². The van der Waals surface area contributed by atoms with E-state index in [1.807, 2.05) is 9.21 Å². The van der Waals surface area contributed by atoms with Crippen molar-refractivity contribution in [1.29, 1.82) is 5.41 Å². The van der Waals surface area contributed by atoms with Gasteiger partial charge in [-0.15, -0.1) is 0 Å². The second kappa shape index (κ2) is 11.8. The van der Waals surface area contributed by atoms with Crippen molar-refractivity contribution in [2.45, 2.75) is 44.9 Å². The van der Waals surface area contributed by atoms with Crippen LogP contribution in [0.15, 0.2) is 24.3 Å². The minimum absolute atomic E-state index is 0.0269. The summed E-state index contributed by atoms with van der Waals surface area (Å²) in [4.78, 5) is 14.3. The number of halogens is 6. The minimum Gasteiger partial charge on any atom is -0.382 e. The van der Waals surface area contributed by atoms with Crippen molar-refractivity contribution in [3.8, 4) is 0 Å². The summed E-state index contributed by atoms with van der Waals surface area (Å²) in [7, 11) is 0. The molecule has 0 aromatic heterocycles. The molecule has 0 spiro atoms. The second-order valence-corrected chi connectivity index (χ2v) is 10.7. The Labute approximate surface area is 226 Å². The standard InChI is InChI=1S/C25H27ClF5N5OS/c1-14(32)18-11-19(24(37)34-38-36-5-2-6-36)21(27)12-22(18)33-17-3-7-35(8-4-17)13-15-9-16(25(29,30)31)10-20(26)23(15)28/h9-12,17,32-33H,2-8,13H2,1H3,(H,34,37). The molecule has 3 N–H and O–H groups in total. The Balaban J connectivity index is 1.39.